The summed E-state index contributed by atoms with van der Waals surface area (Å²) in [6.45, 7) is 6.71. The molecule has 0 spiro atoms. The third kappa shape index (κ3) is 3.86. The molecule has 1 atom stereocenters. The monoisotopic (exact) mass is 445 g/mol. The van der Waals surface area contributed by atoms with Crippen LogP contribution < -0.4 is 14.8 Å². The van der Waals surface area contributed by atoms with Crippen LogP contribution in [0.25, 0.3) is 0 Å². The lowest BCUT2D eigenvalue weighted by Crippen LogP contribution is -2.36. The van der Waals surface area contributed by atoms with E-state index < -0.39 is 6.04 Å². The largest absolute Gasteiger partial charge is 0.493 e. The Labute approximate surface area is 192 Å². The van der Waals surface area contributed by atoms with E-state index in [4.69, 9.17) is 9.47 Å². The number of ketones is 1. The van der Waals surface area contributed by atoms with Crippen LogP contribution in [0.1, 0.15) is 49.4 Å². The molecule has 170 valence electrons. The molecule has 0 radical (unpaired) electrons. The van der Waals surface area contributed by atoms with E-state index in [-0.39, 0.29) is 11.2 Å². The molecule has 5 rings (SSSR count). The van der Waals surface area contributed by atoms with Gasteiger partial charge in [-0.2, -0.15) is 4.68 Å². The van der Waals surface area contributed by atoms with E-state index in [9.17, 15) is 4.79 Å². The van der Waals surface area contributed by atoms with Crippen molar-refractivity contribution in [3.05, 3.63) is 70.4 Å². The zero-order chi connectivity index (χ0) is 23.2. The number of carbonyl (C=O) groups is 1. The molecule has 0 saturated heterocycles. The minimum absolute atomic E-state index is 0.110. The topological polar surface area (TPSA) is 91.2 Å². The van der Waals surface area contributed by atoms with Gasteiger partial charge in [-0.25, -0.2) is 0 Å². The minimum atomic E-state index is -0.422. The van der Waals surface area contributed by atoms with Crippen LogP contribution in [0.5, 0.6) is 11.5 Å². The highest BCUT2D eigenvalue weighted by Gasteiger charge is 2.42. The minimum Gasteiger partial charge on any atom is -0.493 e. The first-order chi connectivity index (χ1) is 15.9. The van der Waals surface area contributed by atoms with Gasteiger partial charge in [-0.3, -0.25) is 4.79 Å². The van der Waals surface area contributed by atoms with E-state index >= 15 is 0 Å². The van der Waals surface area contributed by atoms with Gasteiger partial charge < -0.3 is 14.8 Å². The third-order valence-corrected chi connectivity index (χ3v) is 6.34. The third-order valence-electron chi connectivity index (χ3n) is 6.34. The Bertz CT molecular complexity index is 1260. The summed E-state index contributed by atoms with van der Waals surface area (Å²) in [5.74, 6) is 1.88. The number of hydrogen-bond acceptors (Lipinski definition) is 7. The van der Waals surface area contributed by atoms with Gasteiger partial charge in [0.1, 0.15) is 12.6 Å². The standard InChI is InChI=1S/C25H27N5O3/c1-15-7-5-6-8-17(15)14-33-20-10-9-16(11-21(20)32-4)23-22-18(12-25(2,3)13-19(22)31)26-24-27-28-29-30(23)24/h5-11,23H,12-14H2,1-4H3,(H,26,27,29). The molecule has 1 aliphatic carbocycles. The van der Waals surface area contributed by atoms with Crippen molar-refractivity contribution in [3.8, 4) is 11.5 Å². The number of carbonyl (C=O) groups excluding carboxylic acids is 1. The average Bonchev–Trinajstić information content (AvgIpc) is 3.24. The molecule has 0 bridgehead atoms. The first kappa shape index (κ1) is 21.2. The van der Waals surface area contributed by atoms with Gasteiger partial charge in [-0.15, -0.1) is 0 Å². The number of ether oxygens (including phenoxy) is 2. The Morgan fingerprint density at radius 1 is 1.15 bits per heavy atom. The Hall–Kier alpha value is -3.68. The predicted octanol–water partition coefficient (Wildman–Crippen LogP) is 4.23. The number of anilines is 1. The van der Waals surface area contributed by atoms with Gasteiger partial charge in [0.15, 0.2) is 17.3 Å². The summed E-state index contributed by atoms with van der Waals surface area (Å²) < 4.78 is 13.4. The van der Waals surface area contributed by atoms with Gasteiger partial charge >= 0.3 is 0 Å². The molecule has 0 saturated carbocycles. The zero-order valence-corrected chi connectivity index (χ0v) is 19.3. The van der Waals surface area contributed by atoms with Crippen LogP contribution in [-0.4, -0.2) is 33.1 Å². The second-order valence-corrected chi connectivity index (χ2v) is 9.43. The number of allylic oxidation sites excluding steroid dienone is 2. The number of aromatic nitrogens is 4. The molecule has 2 aromatic carbocycles. The van der Waals surface area contributed by atoms with Gasteiger partial charge in [-0.1, -0.05) is 49.3 Å². The molecular weight excluding hydrogens is 418 g/mol. The van der Waals surface area contributed by atoms with Gasteiger partial charge in [0.2, 0.25) is 5.95 Å². The Kier molecular flexibility index (Phi) is 5.15. The van der Waals surface area contributed by atoms with Crippen LogP contribution in [0, 0.1) is 12.3 Å². The van der Waals surface area contributed by atoms with Crippen molar-refractivity contribution in [1.29, 1.82) is 0 Å². The van der Waals surface area contributed by atoms with Crippen molar-refractivity contribution >= 4 is 11.7 Å². The van der Waals surface area contributed by atoms with Crippen LogP contribution in [0.3, 0.4) is 0 Å². The second kappa shape index (κ2) is 8.03. The van der Waals surface area contributed by atoms with Crippen molar-refractivity contribution in [1.82, 2.24) is 20.2 Å². The molecule has 1 aliphatic heterocycles. The molecule has 33 heavy (non-hydrogen) atoms. The zero-order valence-electron chi connectivity index (χ0n) is 19.3. The summed E-state index contributed by atoms with van der Waals surface area (Å²) in [5.41, 5.74) is 4.64. The van der Waals surface area contributed by atoms with Crippen molar-refractivity contribution in [2.24, 2.45) is 5.41 Å². The maximum Gasteiger partial charge on any atom is 0.248 e. The number of fused-ring (bicyclic) bond motifs is 1. The van der Waals surface area contributed by atoms with Gasteiger partial charge in [0.05, 0.1) is 7.11 Å². The molecule has 8 nitrogen and oxygen atoms in total. The number of nitrogens with one attached hydrogen (secondary N) is 1. The fourth-order valence-corrected chi connectivity index (χ4v) is 4.68. The molecule has 3 aromatic rings. The SMILES string of the molecule is COc1cc(C2C3=C(CC(C)(C)CC3=O)Nc3nnnn32)ccc1OCc1ccccc1C. The first-order valence-electron chi connectivity index (χ1n) is 11.0. The summed E-state index contributed by atoms with van der Waals surface area (Å²) in [4.78, 5) is 13.2. The number of nitrogens with zero attached hydrogens (tertiary/aromatic N) is 4. The molecule has 0 amide bonds. The summed E-state index contributed by atoms with van der Waals surface area (Å²) >= 11 is 0. The second-order valence-electron chi connectivity index (χ2n) is 9.43. The smallest absolute Gasteiger partial charge is 0.248 e. The highest BCUT2D eigenvalue weighted by Crippen LogP contribution is 2.46. The van der Waals surface area contributed by atoms with E-state index in [1.807, 2.05) is 30.3 Å². The summed E-state index contributed by atoms with van der Waals surface area (Å²) in [6, 6.07) is 13.5. The maximum absolute atomic E-state index is 13.2. The van der Waals surface area contributed by atoms with Crippen LogP contribution >= 0.6 is 0 Å². The quantitative estimate of drug-likeness (QED) is 0.628. The van der Waals surface area contributed by atoms with Gasteiger partial charge in [-0.05, 0) is 58.0 Å². The molecule has 1 aromatic heterocycles. The number of Topliss-reactive ketones (excluding diaryl/α,β-unsaturated/α-hetero) is 1. The van der Waals surface area contributed by atoms with Crippen LogP contribution in [0.4, 0.5) is 5.95 Å². The number of methoxy groups -OCH3 is 1. The molecule has 0 fully saturated rings. The van der Waals surface area contributed by atoms with Crippen molar-refractivity contribution in [2.45, 2.75) is 46.3 Å². The van der Waals surface area contributed by atoms with E-state index in [2.05, 4.69) is 53.7 Å². The Balaban J connectivity index is 1.51. The summed E-state index contributed by atoms with van der Waals surface area (Å²) in [6.07, 6.45) is 1.24. The lowest BCUT2D eigenvalue weighted by molar-refractivity contribution is -0.118. The average molecular weight is 446 g/mol. The number of benzene rings is 2. The van der Waals surface area contributed by atoms with Crippen LogP contribution in [0.2, 0.25) is 0 Å². The number of tetrazole rings is 1. The number of rotatable bonds is 5. The molecular formula is C25H27N5O3. The lowest BCUT2D eigenvalue weighted by Gasteiger charge is -2.37. The van der Waals surface area contributed by atoms with E-state index in [1.54, 1.807) is 11.8 Å². The molecule has 2 heterocycles. The predicted molar refractivity (Wildman–Crippen MR) is 123 cm³/mol. The van der Waals surface area contributed by atoms with Crippen molar-refractivity contribution in [3.63, 3.8) is 0 Å². The fourth-order valence-electron chi connectivity index (χ4n) is 4.68. The maximum atomic E-state index is 13.2. The fraction of sp³-hybridized carbons (Fsp3) is 0.360. The van der Waals surface area contributed by atoms with Gasteiger partial charge in [0, 0.05) is 17.7 Å². The van der Waals surface area contributed by atoms with Gasteiger partial charge in [0.25, 0.3) is 0 Å². The first-order valence-corrected chi connectivity index (χ1v) is 11.0. The number of hydrogen-bond donors (Lipinski definition) is 1. The van der Waals surface area contributed by atoms with E-state index in [0.717, 1.165) is 23.2 Å². The lowest BCUT2D eigenvalue weighted by atomic mass is 9.73. The molecule has 8 heteroatoms. The highest BCUT2D eigenvalue weighted by molar-refractivity contribution is 6.00. The van der Waals surface area contributed by atoms with Crippen molar-refractivity contribution in [2.75, 3.05) is 12.4 Å². The van der Waals surface area contributed by atoms with Crippen LogP contribution in [0.15, 0.2) is 53.7 Å². The van der Waals surface area contributed by atoms with E-state index in [0.29, 0.717) is 36.0 Å². The summed E-state index contributed by atoms with van der Waals surface area (Å²) in [7, 11) is 1.61. The Morgan fingerprint density at radius 3 is 2.76 bits per heavy atom. The molecule has 2 aliphatic rings. The molecule has 1 unspecified atom stereocenters. The van der Waals surface area contributed by atoms with Crippen molar-refractivity contribution < 1.29 is 14.3 Å². The van der Waals surface area contributed by atoms with Crippen LogP contribution in [-0.2, 0) is 11.4 Å². The molecule has 1 N–H and O–H groups in total. The summed E-state index contributed by atoms with van der Waals surface area (Å²) in [5, 5.41) is 15.4. The normalized spacial score (nSPS) is 18.9. The highest BCUT2D eigenvalue weighted by atomic mass is 16.5. The van der Waals surface area contributed by atoms with E-state index in [1.165, 1.54) is 5.56 Å². The Morgan fingerprint density at radius 2 is 1.97 bits per heavy atom. The number of aryl methyl sites for hydroxylation is 1.